The van der Waals surface area contributed by atoms with Crippen LogP contribution in [0.3, 0.4) is 0 Å². The van der Waals surface area contributed by atoms with Gasteiger partial charge in [-0.1, -0.05) is 0 Å². The quantitative estimate of drug-likeness (QED) is 0.669. The standard InChI is InChI=1S/C8H5F3INO2/c9-8(10,11)5-1-4(2-6(14)15)7(12)13-3-5/h1,3H,2H2,(H,14,15). The second kappa shape index (κ2) is 4.33. The number of aliphatic carboxylic acids is 1. The molecule has 82 valence electrons. The van der Waals surface area contributed by atoms with Gasteiger partial charge in [0.05, 0.1) is 12.0 Å². The number of nitrogens with zero attached hydrogens (tertiary/aromatic N) is 1. The van der Waals surface area contributed by atoms with Crippen LogP contribution in [0.15, 0.2) is 12.3 Å². The van der Waals surface area contributed by atoms with Crippen molar-refractivity contribution in [2.45, 2.75) is 12.6 Å². The number of aromatic nitrogens is 1. The Bertz CT molecular complexity index is 392. The first-order valence-corrected chi connectivity index (χ1v) is 4.82. The fourth-order valence-corrected chi connectivity index (χ4v) is 1.42. The second-order valence-corrected chi connectivity index (χ2v) is 3.76. The minimum absolute atomic E-state index is 0.0675. The largest absolute Gasteiger partial charge is 0.481 e. The first-order valence-electron chi connectivity index (χ1n) is 3.74. The highest BCUT2D eigenvalue weighted by Gasteiger charge is 2.31. The third kappa shape index (κ3) is 3.33. The Morgan fingerprint density at radius 2 is 2.13 bits per heavy atom. The molecule has 0 fully saturated rings. The van der Waals surface area contributed by atoms with Crippen molar-refractivity contribution in [1.82, 2.24) is 4.98 Å². The molecule has 3 nitrogen and oxygen atoms in total. The van der Waals surface area contributed by atoms with Crippen molar-refractivity contribution in [3.8, 4) is 0 Å². The Hall–Kier alpha value is -0.860. The van der Waals surface area contributed by atoms with E-state index in [-0.39, 0.29) is 9.26 Å². The molecule has 0 bridgehead atoms. The lowest BCUT2D eigenvalue weighted by atomic mass is 10.1. The SMILES string of the molecule is O=C(O)Cc1cc(C(F)(F)F)cnc1I. The second-order valence-electron chi connectivity index (χ2n) is 2.74. The molecule has 0 saturated heterocycles. The zero-order valence-corrected chi connectivity index (χ0v) is 9.33. The molecular weight excluding hydrogens is 326 g/mol. The number of halogens is 4. The van der Waals surface area contributed by atoms with Crippen LogP contribution in [0.4, 0.5) is 13.2 Å². The predicted molar refractivity (Wildman–Crippen MR) is 53.3 cm³/mol. The van der Waals surface area contributed by atoms with Crippen LogP contribution in [0.1, 0.15) is 11.1 Å². The van der Waals surface area contributed by atoms with Crippen molar-refractivity contribution in [2.24, 2.45) is 0 Å². The minimum Gasteiger partial charge on any atom is -0.481 e. The van der Waals surface area contributed by atoms with Gasteiger partial charge in [-0.25, -0.2) is 4.98 Å². The zero-order valence-electron chi connectivity index (χ0n) is 7.18. The summed E-state index contributed by atoms with van der Waals surface area (Å²) in [6, 6.07) is 0.808. The minimum atomic E-state index is -4.50. The molecule has 0 saturated carbocycles. The number of carboxylic acid groups (broad SMARTS) is 1. The van der Waals surface area contributed by atoms with Crippen LogP contribution in [0.5, 0.6) is 0 Å². The monoisotopic (exact) mass is 331 g/mol. The van der Waals surface area contributed by atoms with E-state index >= 15 is 0 Å². The van der Waals surface area contributed by atoms with Crippen molar-refractivity contribution < 1.29 is 23.1 Å². The molecule has 0 atom stereocenters. The Balaban J connectivity index is 3.11. The van der Waals surface area contributed by atoms with Crippen LogP contribution in [-0.4, -0.2) is 16.1 Å². The Kier molecular flexibility index (Phi) is 3.53. The van der Waals surface area contributed by atoms with E-state index < -0.39 is 24.1 Å². The molecule has 7 heteroatoms. The number of carbonyl (C=O) groups is 1. The van der Waals surface area contributed by atoms with Gasteiger partial charge in [-0.2, -0.15) is 13.2 Å². The summed E-state index contributed by atoms with van der Waals surface area (Å²) in [5.74, 6) is -1.19. The van der Waals surface area contributed by atoms with Crippen LogP contribution in [0, 0.1) is 3.70 Å². The molecule has 1 aromatic rings. The summed E-state index contributed by atoms with van der Waals surface area (Å²) in [6.45, 7) is 0. The summed E-state index contributed by atoms with van der Waals surface area (Å²) in [7, 11) is 0. The summed E-state index contributed by atoms with van der Waals surface area (Å²) in [5.41, 5.74) is -0.864. The van der Waals surface area contributed by atoms with Crippen LogP contribution < -0.4 is 0 Å². The van der Waals surface area contributed by atoms with E-state index in [0.29, 0.717) is 6.20 Å². The van der Waals surface area contributed by atoms with Gasteiger partial charge in [0.15, 0.2) is 0 Å². The molecule has 0 aliphatic heterocycles. The molecule has 0 aliphatic rings. The highest BCUT2D eigenvalue weighted by Crippen LogP contribution is 2.30. The predicted octanol–water partition coefficient (Wildman–Crippen LogP) is 2.33. The topological polar surface area (TPSA) is 50.2 Å². The fourth-order valence-electron chi connectivity index (χ4n) is 0.936. The maximum absolute atomic E-state index is 12.2. The third-order valence-corrected chi connectivity index (χ3v) is 2.55. The van der Waals surface area contributed by atoms with Crippen molar-refractivity contribution >= 4 is 28.6 Å². The summed E-state index contributed by atoms with van der Waals surface area (Å²) < 4.78 is 37.0. The van der Waals surface area contributed by atoms with E-state index in [0.717, 1.165) is 6.07 Å². The van der Waals surface area contributed by atoms with Gasteiger partial charge in [-0.3, -0.25) is 4.79 Å². The highest BCUT2D eigenvalue weighted by molar-refractivity contribution is 14.1. The molecular formula is C8H5F3INO2. The highest BCUT2D eigenvalue weighted by atomic mass is 127. The molecule has 1 N–H and O–H groups in total. The Labute approximate surface area is 96.5 Å². The van der Waals surface area contributed by atoms with Gasteiger partial charge in [0.2, 0.25) is 0 Å². The number of rotatable bonds is 2. The number of hydrogen-bond donors (Lipinski definition) is 1. The van der Waals surface area contributed by atoms with Crippen molar-refractivity contribution in [3.63, 3.8) is 0 Å². The molecule has 0 amide bonds. The summed E-state index contributed by atoms with van der Waals surface area (Å²) in [5, 5.41) is 8.47. The summed E-state index contributed by atoms with van der Waals surface area (Å²) >= 11 is 1.70. The van der Waals surface area contributed by atoms with Crippen molar-refractivity contribution in [2.75, 3.05) is 0 Å². The van der Waals surface area contributed by atoms with Gasteiger partial charge >= 0.3 is 12.1 Å². The van der Waals surface area contributed by atoms with Gasteiger partial charge < -0.3 is 5.11 Å². The average molecular weight is 331 g/mol. The van der Waals surface area contributed by atoms with E-state index in [4.69, 9.17) is 5.11 Å². The molecule has 0 aromatic carbocycles. The average Bonchev–Trinajstić information content (AvgIpc) is 2.06. The molecule has 1 heterocycles. The number of hydrogen-bond acceptors (Lipinski definition) is 2. The van der Waals surface area contributed by atoms with Crippen molar-refractivity contribution in [1.29, 1.82) is 0 Å². The zero-order chi connectivity index (χ0) is 11.6. The van der Waals surface area contributed by atoms with E-state index in [1.54, 1.807) is 22.6 Å². The normalized spacial score (nSPS) is 11.5. The maximum Gasteiger partial charge on any atom is 0.417 e. The molecule has 1 rings (SSSR count). The van der Waals surface area contributed by atoms with Gasteiger partial charge in [-0.15, -0.1) is 0 Å². The number of pyridine rings is 1. The molecule has 0 radical (unpaired) electrons. The summed E-state index contributed by atoms with van der Waals surface area (Å²) in [6.07, 6.45) is -4.27. The molecule has 15 heavy (non-hydrogen) atoms. The lowest BCUT2D eigenvalue weighted by Gasteiger charge is -2.08. The Morgan fingerprint density at radius 3 is 2.60 bits per heavy atom. The van der Waals surface area contributed by atoms with E-state index in [1.165, 1.54) is 0 Å². The molecule has 0 unspecified atom stereocenters. The molecule has 0 spiro atoms. The molecule has 1 aromatic heterocycles. The van der Waals surface area contributed by atoms with Gasteiger partial charge in [0.25, 0.3) is 0 Å². The van der Waals surface area contributed by atoms with Crippen molar-refractivity contribution in [3.05, 3.63) is 27.1 Å². The smallest absolute Gasteiger partial charge is 0.417 e. The van der Waals surface area contributed by atoms with E-state index in [2.05, 4.69) is 4.98 Å². The lowest BCUT2D eigenvalue weighted by Crippen LogP contribution is -2.10. The molecule has 0 aliphatic carbocycles. The first kappa shape index (κ1) is 12.2. The van der Waals surface area contributed by atoms with Gasteiger partial charge in [0.1, 0.15) is 3.70 Å². The van der Waals surface area contributed by atoms with Crippen LogP contribution in [0.25, 0.3) is 0 Å². The fraction of sp³-hybridized carbons (Fsp3) is 0.250. The van der Waals surface area contributed by atoms with Crippen LogP contribution in [-0.2, 0) is 17.4 Å². The third-order valence-electron chi connectivity index (χ3n) is 1.58. The summed E-state index contributed by atoms with van der Waals surface area (Å²) in [4.78, 5) is 13.9. The van der Waals surface area contributed by atoms with E-state index in [9.17, 15) is 18.0 Å². The Morgan fingerprint density at radius 1 is 1.53 bits per heavy atom. The first-order chi connectivity index (χ1) is 6.80. The lowest BCUT2D eigenvalue weighted by molar-refractivity contribution is -0.139. The van der Waals surface area contributed by atoms with Crippen LogP contribution in [0.2, 0.25) is 0 Å². The number of carboxylic acids is 1. The van der Waals surface area contributed by atoms with Crippen LogP contribution >= 0.6 is 22.6 Å². The number of alkyl halides is 3. The van der Waals surface area contributed by atoms with Gasteiger partial charge in [0, 0.05) is 6.20 Å². The van der Waals surface area contributed by atoms with E-state index in [1.807, 2.05) is 0 Å². The van der Waals surface area contributed by atoms with Gasteiger partial charge in [-0.05, 0) is 34.2 Å². The maximum atomic E-state index is 12.2.